The van der Waals surface area contributed by atoms with Crippen molar-refractivity contribution in [3.63, 3.8) is 0 Å². The number of aromatic nitrogens is 4. The van der Waals surface area contributed by atoms with Crippen LogP contribution in [0.1, 0.15) is 87.6 Å². The van der Waals surface area contributed by atoms with Gasteiger partial charge in [0.15, 0.2) is 0 Å². The molecule has 6 heterocycles. The molecule has 3 aliphatic rings. The van der Waals surface area contributed by atoms with Crippen LogP contribution in [-0.4, -0.2) is 18.9 Å². The molecule has 5 nitrogen and oxygen atoms in total. The highest BCUT2D eigenvalue weighted by Gasteiger charge is 2.46. The van der Waals surface area contributed by atoms with Crippen molar-refractivity contribution in [3.05, 3.63) is 120 Å². The van der Waals surface area contributed by atoms with Gasteiger partial charge in [0.05, 0.1) is 16.6 Å². The minimum absolute atomic E-state index is 0.0401. The maximum absolute atomic E-state index is 6.76. The number of nitrogens with zero attached hydrogens (tertiary/aromatic N) is 4. The number of pyridine rings is 2. The number of hydrogen-bond acceptors (Lipinski definition) is 3. The average molecular weight is 639 g/mol. The fourth-order valence-electron chi connectivity index (χ4n) is 9.93. The van der Waals surface area contributed by atoms with Crippen LogP contribution in [0.2, 0.25) is 0 Å². The summed E-state index contributed by atoms with van der Waals surface area (Å²) in [6.45, 7) is 9.44. The van der Waals surface area contributed by atoms with E-state index >= 15 is 0 Å². The zero-order chi connectivity index (χ0) is 32.8. The van der Waals surface area contributed by atoms with Crippen molar-refractivity contribution in [2.75, 3.05) is 0 Å². The van der Waals surface area contributed by atoms with E-state index in [0.717, 1.165) is 33.9 Å². The van der Waals surface area contributed by atoms with Gasteiger partial charge in [0.2, 0.25) is 0 Å². The lowest BCUT2D eigenvalue weighted by molar-refractivity contribution is 0.288. The molecule has 4 aromatic carbocycles. The van der Waals surface area contributed by atoms with E-state index in [1.54, 1.807) is 0 Å². The number of benzene rings is 4. The molecule has 0 amide bonds. The first kappa shape index (κ1) is 27.8. The summed E-state index contributed by atoms with van der Waals surface area (Å²) in [7, 11) is 0. The number of imidazole rings is 1. The summed E-state index contributed by atoms with van der Waals surface area (Å²) in [5.74, 6) is 3.72. The van der Waals surface area contributed by atoms with Gasteiger partial charge in [-0.2, -0.15) is 0 Å². The lowest BCUT2D eigenvalue weighted by Crippen LogP contribution is -2.44. The van der Waals surface area contributed by atoms with Crippen molar-refractivity contribution in [2.24, 2.45) is 0 Å². The lowest BCUT2D eigenvalue weighted by Gasteiger charge is -2.45. The highest BCUT2D eigenvalue weighted by Crippen LogP contribution is 2.53. The summed E-state index contributed by atoms with van der Waals surface area (Å²) in [5.41, 5.74) is 10.1. The number of rotatable bonds is 2. The van der Waals surface area contributed by atoms with E-state index in [9.17, 15) is 0 Å². The van der Waals surface area contributed by atoms with Crippen LogP contribution in [-0.2, 0) is 10.8 Å². The van der Waals surface area contributed by atoms with Gasteiger partial charge in [0, 0.05) is 56.5 Å². The molecule has 2 atom stereocenters. The first-order valence-electron chi connectivity index (χ1n) is 17.9. The highest BCUT2D eigenvalue weighted by molar-refractivity contribution is 6.14. The van der Waals surface area contributed by atoms with E-state index in [1.807, 2.05) is 6.20 Å². The Balaban J connectivity index is 1.10. The Morgan fingerprint density at radius 3 is 2.20 bits per heavy atom. The van der Waals surface area contributed by atoms with E-state index in [4.69, 9.17) is 14.7 Å². The maximum Gasteiger partial charge on any atom is 0.145 e. The van der Waals surface area contributed by atoms with Gasteiger partial charge in [0.25, 0.3) is 0 Å². The Bertz CT molecular complexity index is 2730. The van der Waals surface area contributed by atoms with Crippen LogP contribution in [0.5, 0.6) is 11.5 Å². The van der Waals surface area contributed by atoms with Crippen molar-refractivity contribution in [3.8, 4) is 17.3 Å². The molecule has 2 aliphatic heterocycles. The molecule has 240 valence electrons. The summed E-state index contributed by atoms with van der Waals surface area (Å²) < 4.78 is 11.6. The molecule has 0 N–H and O–H groups in total. The van der Waals surface area contributed by atoms with Gasteiger partial charge in [-0.05, 0) is 83.2 Å². The molecule has 4 aromatic heterocycles. The third kappa shape index (κ3) is 3.41. The van der Waals surface area contributed by atoms with Gasteiger partial charge in [0.1, 0.15) is 23.0 Å². The van der Waals surface area contributed by atoms with Gasteiger partial charge in [-0.15, -0.1) is 0 Å². The van der Waals surface area contributed by atoms with E-state index in [0.29, 0.717) is 11.8 Å². The quantitative estimate of drug-likeness (QED) is 0.177. The van der Waals surface area contributed by atoms with Crippen molar-refractivity contribution >= 4 is 49.1 Å². The van der Waals surface area contributed by atoms with Crippen LogP contribution in [0.15, 0.2) is 97.3 Å². The molecule has 1 aliphatic carbocycles. The SMILES string of the molecule is CC1(C)c2cccc3c4ccc(Oc5ccc6c7cccc8c7n(c6c5)-c5ncccc5C5CCCCC85)cc4c4ncc(n4c23)C1(C)C. The Labute approximate surface area is 285 Å². The molecular weight excluding hydrogens is 601 g/mol. The van der Waals surface area contributed by atoms with Gasteiger partial charge in [-0.3, -0.25) is 8.97 Å². The largest absolute Gasteiger partial charge is 0.457 e. The van der Waals surface area contributed by atoms with Crippen molar-refractivity contribution in [1.82, 2.24) is 18.9 Å². The molecule has 49 heavy (non-hydrogen) atoms. The van der Waals surface area contributed by atoms with Crippen LogP contribution in [0.25, 0.3) is 54.9 Å². The predicted molar refractivity (Wildman–Crippen MR) is 199 cm³/mol. The summed E-state index contributed by atoms with van der Waals surface area (Å²) in [5, 5.41) is 6.10. The normalized spacial score (nSPS) is 20.2. The van der Waals surface area contributed by atoms with E-state index in [1.165, 1.54) is 80.6 Å². The zero-order valence-electron chi connectivity index (χ0n) is 28.4. The maximum atomic E-state index is 6.76. The highest BCUT2D eigenvalue weighted by atomic mass is 16.5. The predicted octanol–water partition coefficient (Wildman–Crippen LogP) is 11.2. The number of ether oxygens (including phenoxy) is 1. The van der Waals surface area contributed by atoms with E-state index < -0.39 is 0 Å². The van der Waals surface area contributed by atoms with Crippen molar-refractivity contribution in [1.29, 1.82) is 0 Å². The second-order valence-electron chi connectivity index (χ2n) is 15.7. The summed E-state index contributed by atoms with van der Waals surface area (Å²) in [4.78, 5) is 10.1. The van der Waals surface area contributed by atoms with Crippen molar-refractivity contribution in [2.45, 2.75) is 76.0 Å². The zero-order valence-corrected chi connectivity index (χ0v) is 28.4. The molecule has 1 fully saturated rings. The van der Waals surface area contributed by atoms with Gasteiger partial charge in [-0.1, -0.05) is 83.0 Å². The molecular formula is C44H38N4O. The third-order valence-electron chi connectivity index (χ3n) is 13.0. The van der Waals surface area contributed by atoms with Crippen LogP contribution in [0.4, 0.5) is 0 Å². The average Bonchev–Trinajstić information content (AvgIpc) is 3.68. The molecule has 0 bridgehead atoms. The van der Waals surface area contributed by atoms with Crippen molar-refractivity contribution < 1.29 is 4.74 Å². The van der Waals surface area contributed by atoms with E-state index in [-0.39, 0.29) is 10.8 Å². The van der Waals surface area contributed by atoms with Gasteiger partial charge in [-0.25, -0.2) is 9.97 Å². The first-order chi connectivity index (χ1) is 23.8. The number of hydrogen-bond donors (Lipinski definition) is 0. The Morgan fingerprint density at radius 1 is 0.653 bits per heavy atom. The van der Waals surface area contributed by atoms with Crippen LogP contribution in [0.3, 0.4) is 0 Å². The molecule has 11 rings (SSSR count). The minimum atomic E-state index is -0.0874. The molecule has 5 heteroatoms. The fraction of sp³-hybridized carbons (Fsp3) is 0.273. The monoisotopic (exact) mass is 638 g/mol. The Hall–Kier alpha value is -5.16. The van der Waals surface area contributed by atoms with Gasteiger partial charge >= 0.3 is 0 Å². The second-order valence-corrected chi connectivity index (χ2v) is 15.7. The number of fused-ring (bicyclic) bond motifs is 11. The van der Waals surface area contributed by atoms with Crippen LogP contribution < -0.4 is 4.74 Å². The van der Waals surface area contributed by atoms with Gasteiger partial charge < -0.3 is 4.74 Å². The lowest BCUT2D eigenvalue weighted by atomic mass is 9.61. The topological polar surface area (TPSA) is 44.3 Å². The molecule has 8 aromatic rings. The number of para-hydroxylation sites is 2. The van der Waals surface area contributed by atoms with Crippen LogP contribution >= 0.6 is 0 Å². The molecule has 2 unspecified atom stereocenters. The van der Waals surface area contributed by atoms with Crippen LogP contribution in [0, 0.1) is 0 Å². The third-order valence-corrected chi connectivity index (χ3v) is 13.0. The molecule has 0 spiro atoms. The first-order valence-corrected chi connectivity index (χ1v) is 17.9. The fourth-order valence-corrected chi connectivity index (χ4v) is 9.93. The molecule has 1 saturated carbocycles. The minimum Gasteiger partial charge on any atom is -0.457 e. The summed E-state index contributed by atoms with van der Waals surface area (Å²) in [6, 6.07) is 31.2. The Kier molecular flexibility index (Phi) is 5.26. The Morgan fingerprint density at radius 2 is 1.37 bits per heavy atom. The molecule has 0 radical (unpaired) electrons. The molecule has 0 saturated heterocycles. The summed E-state index contributed by atoms with van der Waals surface area (Å²) in [6.07, 6.45) is 9.06. The smallest absolute Gasteiger partial charge is 0.145 e. The van der Waals surface area contributed by atoms with E-state index in [2.05, 4.69) is 128 Å². The standard InChI is InChI=1S/C44H38N4O/c1-43(2)36-16-8-14-32-29-19-17-25(22-35(29)42-46-24-38(44(43,3)4)48(42)40(32)36)49-26-18-20-30-33-13-7-12-31-27-10-5-6-11-28(27)34-15-9-21-45-41(34)47(39(31)33)37(30)23-26/h7-9,12-24,27-28H,5-6,10-11H2,1-4H3. The summed E-state index contributed by atoms with van der Waals surface area (Å²) >= 11 is 0. The second kappa shape index (κ2) is 9.29.